The third kappa shape index (κ3) is 5.55. The lowest BCUT2D eigenvalue weighted by Crippen LogP contribution is -2.09. The lowest BCUT2D eigenvalue weighted by atomic mass is 9.84. The molecule has 0 heterocycles. The molecule has 0 radical (unpaired) electrons. The van der Waals surface area contributed by atoms with E-state index in [0.717, 1.165) is 5.56 Å². The van der Waals surface area contributed by atoms with Gasteiger partial charge in [-0.15, -0.1) is 0 Å². The van der Waals surface area contributed by atoms with Gasteiger partial charge in [-0.05, 0) is 48.1 Å². The van der Waals surface area contributed by atoms with Gasteiger partial charge < -0.3 is 9.84 Å². The lowest BCUT2D eigenvalue weighted by Gasteiger charge is -2.21. The number of carboxylic acid groups (broad SMARTS) is 1. The van der Waals surface area contributed by atoms with E-state index in [0.29, 0.717) is 17.2 Å². The maximum atomic E-state index is 12.4. The molecule has 1 N–H and O–H groups in total. The molecule has 1 saturated carbocycles. The molecule has 0 amide bonds. The second-order valence-electron chi connectivity index (χ2n) is 6.91. The van der Waals surface area contributed by atoms with Crippen LogP contribution in [0.3, 0.4) is 0 Å². The maximum Gasteiger partial charge on any atom is 0.341 e. The van der Waals surface area contributed by atoms with Crippen LogP contribution in [0.4, 0.5) is 0 Å². The van der Waals surface area contributed by atoms with Gasteiger partial charge in [0.1, 0.15) is 5.75 Å². The highest BCUT2D eigenvalue weighted by molar-refractivity contribution is 6.06. The maximum absolute atomic E-state index is 12.4. The molecule has 0 atom stereocenters. The number of rotatable bonds is 7. The van der Waals surface area contributed by atoms with Crippen molar-refractivity contribution in [2.75, 3.05) is 6.61 Å². The first kappa shape index (κ1) is 18.9. The summed E-state index contributed by atoms with van der Waals surface area (Å²) in [5.74, 6) is 0.0787. The first-order valence-electron chi connectivity index (χ1n) is 9.39. The van der Waals surface area contributed by atoms with Crippen LogP contribution in [0.5, 0.6) is 5.75 Å². The molecule has 0 aromatic heterocycles. The Morgan fingerprint density at radius 1 is 0.963 bits per heavy atom. The molecule has 0 aliphatic heterocycles. The standard InChI is InChI=1S/C23H24O4/c24-22(15-8-17-6-13-21(14-7-17)27-16-23(25)26)20-11-9-19(10-12-20)18-4-2-1-3-5-18/h6-15,18H,1-5,16H2,(H,25,26)/b15-8+. The molecule has 0 spiro atoms. The van der Waals surface area contributed by atoms with E-state index in [1.54, 1.807) is 36.4 Å². The average Bonchev–Trinajstić information content (AvgIpc) is 2.72. The number of ether oxygens (including phenoxy) is 1. The molecule has 4 heteroatoms. The Labute approximate surface area is 159 Å². The molecule has 0 bridgehead atoms. The SMILES string of the molecule is O=C(O)COc1ccc(/C=C/C(=O)c2ccc(C3CCCCC3)cc2)cc1. The van der Waals surface area contributed by atoms with Crippen LogP contribution in [0.25, 0.3) is 6.08 Å². The van der Waals surface area contributed by atoms with Crippen LogP contribution in [0, 0.1) is 0 Å². The van der Waals surface area contributed by atoms with Crippen molar-refractivity contribution in [3.05, 3.63) is 71.3 Å². The first-order chi connectivity index (χ1) is 13.1. The Hall–Kier alpha value is -2.88. The van der Waals surface area contributed by atoms with Crippen molar-refractivity contribution < 1.29 is 19.4 Å². The Morgan fingerprint density at radius 3 is 2.26 bits per heavy atom. The van der Waals surface area contributed by atoms with Gasteiger partial charge in [0.25, 0.3) is 0 Å². The van der Waals surface area contributed by atoms with E-state index < -0.39 is 5.97 Å². The number of ketones is 1. The summed E-state index contributed by atoms with van der Waals surface area (Å²) in [5.41, 5.74) is 2.88. The fourth-order valence-corrected chi connectivity index (χ4v) is 3.44. The molecule has 3 rings (SSSR count). The third-order valence-corrected chi connectivity index (χ3v) is 4.94. The quantitative estimate of drug-likeness (QED) is 0.549. The van der Waals surface area contributed by atoms with Crippen LogP contribution >= 0.6 is 0 Å². The normalized spacial score (nSPS) is 15.0. The fourth-order valence-electron chi connectivity index (χ4n) is 3.44. The highest BCUT2D eigenvalue weighted by atomic mass is 16.5. The number of carbonyl (C=O) groups excluding carboxylic acids is 1. The van der Waals surface area contributed by atoms with Gasteiger partial charge >= 0.3 is 5.97 Å². The summed E-state index contributed by atoms with van der Waals surface area (Å²) in [6, 6.07) is 15.0. The van der Waals surface area contributed by atoms with Crippen molar-refractivity contribution in [1.82, 2.24) is 0 Å². The van der Waals surface area contributed by atoms with Gasteiger partial charge in [0, 0.05) is 5.56 Å². The monoisotopic (exact) mass is 364 g/mol. The summed E-state index contributed by atoms with van der Waals surface area (Å²) in [6.07, 6.45) is 9.74. The van der Waals surface area contributed by atoms with Crippen molar-refractivity contribution in [2.24, 2.45) is 0 Å². The van der Waals surface area contributed by atoms with E-state index in [9.17, 15) is 9.59 Å². The molecule has 0 unspecified atom stereocenters. The van der Waals surface area contributed by atoms with E-state index in [1.165, 1.54) is 37.7 Å². The number of carboxylic acids is 1. The lowest BCUT2D eigenvalue weighted by molar-refractivity contribution is -0.139. The average molecular weight is 364 g/mol. The minimum Gasteiger partial charge on any atom is -0.482 e. The number of hydrogen-bond donors (Lipinski definition) is 1. The van der Waals surface area contributed by atoms with Gasteiger partial charge in [-0.1, -0.05) is 61.7 Å². The molecular weight excluding hydrogens is 340 g/mol. The predicted molar refractivity (Wildman–Crippen MR) is 105 cm³/mol. The summed E-state index contributed by atoms with van der Waals surface area (Å²) in [7, 11) is 0. The van der Waals surface area contributed by atoms with E-state index in [1.807, 2.05) is 12.1 Å². The summed E-state index contributed by atoms with van der Waals surface area (Å²) >= 11 is 0. The van der Waals surface area contributed by atoms with E-state index >= 15 is 0 Å². The molecule has 2 aromatic carbocycles. The van der Waals surface area contributed by atoms with Crippen molar-refractivity contribution in [3.63, 3.8) is 0 Å². The van der Waals surface area contributed by atoms with Crippen LogP contribution in [-0.2, 0) is 4.79 Å². The number of benzene rings is 2. The molecule has 1 aliphatic carbocycles. The Morgan fingerprint density at radius 2 is 1.63 bits per heavy atom. The Kier molecular flexibility index (Phi) is 6.42. The van der Waals surface area contributed by atoms with E-state index in [4.69, 9.17) is 9.84 Å². The second-order valence-corrected chi connectivity index (χ2v) is 6.91. The molecule has 2 aromatic rings. The summed E-state index contributed by atoms with van der Waals surface area (Å²) in [5, 5.41) is 8.60. The summed E-state index contributed by atoms with van der Waals surface area (Å²) < 4.78 is 5.09. The molecule has 0 saturated heterocycles. The highest BCUT2D eigenvalue weighted by Crippen LogP contribution is 2.32. The zero-order chi connectivity index (χ0) is 19.1. The van der Waals surface area contributed by atoms with Gasteiger partial charge in [-0.2, -0.15) is 0 Å². The molecular formula is C23H24O4. The number of allylic oxidation sites excluding steroid dienone is 1. The highest BCUT2D eigenvalue weighted by Gasteiger charge is 2.15. The van der Waals surface area contributed by atoms with Crippen LogP contribution in [0.1, 0.15) is 59.5 Å². The van der Waals surface area contributed by atoms with Crippen molar-refractivity contribution in [2.45, 2.75) is 38.0 Å². The number of aliphatic carboxylic acids is 1. The van der Waals surface area contributed by atoms with Crippen LogP contribution in [0.2, 0.25) is 0 Å². The van der Waals surface area contributed by atoms with Gasteiger partial charge in [0.05, 0.1) is 0 Å². The molecule has 1 aliphatic rings. The molecule has 1 fully saturated rings. The fraction of sp³-hybridized carbons (Fsp3) is 0.304. The Bertz CT molecular complexity index is 797. The van der Waals surface area contributed by atoms with Gasteiger partial charge in [0.15, 0.2) is 12.4 Å². The van der Waals surface area contributed by atoms with Crippen molar-refractivity contribution >= 4 is 17.8 Å². The number of carbonyl (C=O) groups is 2. The zero-order valence-corrected chi connectivity index (χ0v) is 15.3. The van der Waals surface area contributed by atoms with Gasteiger partial charge in [0.2, 0.25) is 0 Å². The van der Waals surface area contributed by atoms with Gasteiger partial charge in [-0.3, -0.25) is 4.79 Å². The minimum absolute atomic E-state index is 0.0311. The number of hydrogen-bond acceptors (Lipinski definition) is 3. The first-order valence-corrected chi connectivity index (χ1v) is 9.39. The summed E-state index contributed by atoms with van der Waals surface area (Å²) in [4.78, 5) is 22.9. The van der Waals surface area contributed by atoms with Crippen LogP contribution < -0.4 is 4.74 Å². The van der Waals surface area contributed by atoms with Crippen molar-refractivity contribution in [3.8, 4) is 5.75 Å². The minimum atomic E-state index is -1.01. The molecule has 4 nitrogen and oxygen atoms in total. The summed E-state index contributed by atoms with van der Waals surface area (Å²) in [6.45, 7) is -0.371. The van der Waals surface area contributed by atoms with E-state index in [2.05, 4.69) is 12.1 Å². The molecule has 27 heavy (non-hydrogen) atoms. The van der Waals surface area contributed by atoms with Crippen molar-refractivity contribution in [1.29, 1.82) is 0 Å². The smallest absolute Gasteiger partial charge is 0.341 e. The predicted octanol–water partition coefficient (Wildman–Crippen LogP) is 5.09. The Balaban J connectivity index is 1.58. The van der Waals surface area contributed by atoms with Crippen LogP contribution in [0.15, 0.2) is 54.6 Å². The van der Waals surface area contributed by atoms with E-state index in [-0.39, 0.29) is 12.4 Å². The zero-order valence-electron chi connectivity index (χ0n) is 15.3. The molecule has 140 valence electrons. The third-order valence-electron chi connectivity index (χ3n) is 4.94. The topological polar surface area (TPSA) is 63.6 Å². The second kappa shape index (κ2) is 9.17. The van der Waals surface area contributed by atoms with Crippen LogP contribution in [-0.4, -0.2) is 23.5 Å². The largest absolute Gasteiger partial charge is 0.482 e. The van der Waals surface area contributed by atoms with Gasteiger partial charge in [-0.25, -0.2) is 4.79 Å².